The van der Waals surface area contributed by atoms with Gasteiger partial charge in [0.15, 0.2) is 0 Å². The normalized spacial score (nSPS) is 11.4. The van der Waals surface area contributed by atoms with Gasteiger partial charge >= 0.3 is 0 Å². The van der Waals surface area contributed by atoms with Gasteiger partial charge < -0.3 is 16.2 Å². The minimum absolute atomic E-state index is 0.0910. The molecule has 1 aromatic heterocycles. The molecule has 0 unspecified atom stereocenters. The van der Waals surface area contributed by atoms with Crippen molar-refractivity contribution < 1.29 is 5.11 Å². The minimum atomic E-state index is -0.0910. The average Bonchev–Trinajstić information content (AvgIpc) is 2.32. The van der Waals surface area contributed by atoms with Crippen LogP contribution in [0.4, 0.5) is 11.6 Å². The zero-order chi connectivity index (χ0) is 12.0. The fraction of sp³-hybridized carbons (Fsp3) is 0.636. The van der Waals surface area contributed by atoms with Gasteiger partial charge in [0.1, 0.15) is 11.6 Å². The summed E-state index contributed by atoms with van der Waals surface area (Å²) in [6.45, 7) is 5.00. The van der Waals surface area contributed by atoms with Crippen LogP contribution in [0, 0.1) is 5.41 Å². The molecule has 0 saturated heterocycles. The zero-order valence-electron chi connectivity index (χ0n) is 9.90. The van der Waals surface area contributed by atoms with Gasteiger partial charge in [-0.3, -0.25) is 4.98 Å². The van der Waals surface area contributed by atoms with E-state index in [1.54, 1.807) is 6.20 Å². The van der Waals surface area contributed by atoms with Crippen LogP contribution in [-0.2, 0) is 0 Å². The van der Waals surface area contributed by atoms with E-state index in [4.69, 9.17) is 5.73 Å². The standard InChI is InChI=1S/C11H20N4O/c1-3-11(4-2,8-16)7-14-10-6-13-5-9(12)15-10/h5-6,16H,3-4,7-8H2,1-2H3,(H3,12,14,15). The molecular weight excluding hydrogens is 204 g/mol. The van der Waals surface area contributed by atoms with Gasteiger partial charge in [0.25, 0.3) is 0 Å². The van der Waals surface area contributed by atoms with Gasteiger partial charge in [-0.2, -0.15) is 0 Å². The first-order chi connectivity index (χ1) is 7.65. The molecule has 0 fully saturated rings. The second kappa shape index (κ2) is 5.65. The first kappa shape index (κ1) is 12.7. The van der Waals surface area contributed by atoms with Crippen molar-refractivity contribution in [2.75, 3.05) is 24.2 Å². The summed E-state index contributed by atoms with van der Waals surface area (Å²) in [5.74, 6) is 1.05. The Labute approximate surface area is 96.1 Å². The monoisotopic (exact) mass is 224 g/mol. The summed E-state index contributed by atoms with van der Waals surface area (Å²) in [5, 5.41) is 12.6. The molecular formula is C11H20N4O. The van der Waals surface area contributed by atoms with Crippen LogP contribution in [0.15, 0.2) is 12.4 Å². The fourth-order valence-corrected chi connectivity index (χ4v) is 1.52. The second-order valence-corrected chi connectivity index (χ2v) is 4.05. The van der Waals surface area contributed by atoms with Gasteiger partial charge in [-0.05, 0) is 12.8 Å². The molecule has 0 aliphatic rings. The van der Waals surface area contributed by atoms with E-state index in [9.17, 15) is 5.11 Å². The summed E-state index contributed by atoms with van der Waals surface area (Å²) in [4.78, 5) is 8.05. The van der Waals surface area contributed by atoms with Crippen LogP contribution >= 0.6 is 0 Å². The summed E-state index contributed by atoms with van der Waals surface area (Å²) in [6.07, 6.45) is 4.97. The van der Waals surface area contributed by atoms with E-state index < -0.39 is 0 Å². The van der Waals surface area contributed by atoms with Crippen molar-refractivity contribution in [3.05, 3.63) is 12.4 Å². The van der Waals surface area contributed by atoms with Crippen molar-refractivity contribution in [3.63, 3.8) is 0 Å². The average molecular weight is 224 g/mol. The Hall–Kier alpha value is -1.36. The lowest BCUT2D eigenvalue weighted by Gasteiger charge is -2.29. The maximum atomic E-state index is 9.41. The summed E-state index contributed by atoms with van der Waals surface area (Å²) in [6, 6.07) is 0. The number of hydrogen-bond acceptors (Lipinski definition) is 5. The van der Waals surface area contributed by atoms with Gasteiger partial charge in [-0.15, -0.1) is 0 Å². The van der Waals surface area contributed by atoms with Crippen molar-refractivity contribution in [2.24, 2.45) is 5.41 Å². The number of nitrogens with two attached hydrogens (primary N) is 1. The highest BCUT2D eigenvalue weighted by Crippen LogP contribution is 2.25. The topological polar surface area (TPSA) is 84.1 Å². The predicted molar refractivity (Wildman–Crippen MR) is 65.0 cm³/mol. The van der Waals surface area contributed by atoms with Crippen LogP contribution in [0.1, 0.15) is 26.7 Å². The Morgan fingerprint density at radius 2 is 2.06 bits per heavy atom. The molecule has 0 bridgehead atoms. The number of rotatable bonds is 6. The Kier molecular flexibility index (Phi) is 4.49. The van der Waals surface area contributed by atoms with Gasteiger partial charge in [-0.25, -0.2) is 4.98 Å². The van der Waals surface area contributed by atoms with E-state index in [0.717, 1.165) is 12.8 Å². The van der Waals surface area contributed by atoms with Crippen molar-refractivity contribution in [1.29, 1.82) is 0 Å². The Bertz CT molecular complexity index is 317. The number of hydrogen-bond donors (Lipinski definition) is 3. The highest BCUT2D eigenvalue weighted by atomic mass is 16.3. The van der Waals surface area contributed by atoms with E-state index in [1.165, 1.54) is 6.20 Å². The van der Waals surface area contributed by atoms with Gasteiger partial charge in [-0.1, -0.05) is 13.8 Å². The highest BCUT2D eigenvalue weighted by Gasteiger charge is 2.24. The van der Waals surface area contributed by atoms with Crippen LogP contribution in [-0.4, -0.2) is 28.2 Å². The molecule has 0 amide bonds. The molecule has 0 aliphatic carbocycles. The second-order valence-electron chi connectivity index (χ2n) is 4.05. The SMILES string of the molecule is CCC(CC)(CO)CNc1cncc(N)n1. The van der Waals surface area contributed by atoms with E-state index in [1.807, 2.05) is 0 Å². The molecule has 0 radical (unpaired) electrons. The largest absolute Gasteiger partial charge is 0.396 e. The van der Waals surface area contributed by atoms with Crippen LogP contribution < -0.4 is 11.1 Å². The summed E-state index contributed by atoms with van der Waals surface area (Å²) in [7, 11) is 0. The van der Waals surface area contributed by atoms with Crippen LogP contribution in [0.25, 0.3) is 0 Å². The number of aliphatic hydroxyl groups is 1. The smallest absolute Gasteiger partial charge is 0.146 e. The number of aliphatic hydroxyl groups excluding tert-OH is 1. The van der Waals surface area contributed by atoms with E-state index in [-0.39, 0.29) is 12.0 Å². The summed E-state index contributed by atoms with van der Waals surface area (Å²) >= 11 is 0. The summed E-state index contributed by atoms with van der Waals surface area (Å²) < 4.78 is 0. The van der Waals surface area contributed by atoms with E-state index >= 15 is 0 Å². The third kappa shape index (κ3) is 3.06. The first-order valence-corrected chi connectivity index (χ1v) is 5.58. The number of nitrogen functional groups attached to an aromatic ring is 1. The fourth-order valence-electron chi connectivity index (χ4n) is 1.52. The minimum Gasteiger partial charge on any atom is -0.396 e. The molecule has 1 rings (SSSR count). The molecule has 0 spiro atoms. The molecule has 0 aliphatic heterocycles. The molecule has 5 nitrogen and oxygen atoms in total. The number of aromatic nitrogens is 2. The molecule has 1 aromatic rings. The maximum absolute atomic E-state index is 9.41. The van der Waals surface area contributed by atoms with Gasteiger partial charge in [0.05, 0.1) is 19.0 Å². The van der Waals surface area contributed by atoms with Crippen LogP contribution in [0.5, 0.6) is 0 Å². The van der Waals surface area contributed by atoms with Crippen molar-refractivity contribution in [2.45, 2.75) is 26.7 Å². The molecule has 0 saturated carbocycles. The number of nitrogens with one attached hydrogen (secondary N) is 1. The molecule has 1 heterocycles. The first-order valence-electron chi connectivity index (χ1n) is 5.58. The molecule has 5 heteroatoms. The third-order valence-electron chi connectivity index (χ3n) is 3.13. The third-order valence-corrected chi connectivity index (χ3v) is 3.13. The lowest BCUT2D eigenvalue weighted by molar-refractivity contribution is 0.127. The van der Waals surface area contributed by atoms with Crippen molar-refractivity contribution in [3.8, 4) is 0 Å². The van der Waals surface area contributed by atoms with Gasteiger partial charge in [0, 0.05) is 12.0 Å². The Balaban J connectivity index is 2.62. The Morgan fingerprint density at radius 1 is 1.38 bits per heavy atom. The van der Waals surface area contributed by atoms with E-state index in [2.05, 4.69) is 29.1 Å². The molecule has 16 heavy (non-hydrogen) atoms. The molecule has 0 aromatic carbocycles. The van der Waals surface area contributed by atoms with Crippen LogP contribution in [0.2, 0.25) is 0 Å². The quantitative estimate of drug-likeness (QED) is 0.677. The highest BCUT2D eigenvalue weighted by molar-refractivity contribution is 5.38. The maximum Gasteiger partial charge on any atom is 0.146 e. The Morgan fingerprint density at radius 3 is 2.56 bits per heavy atom. The molecule has 4 N–H and O–H groups in total. The lowest BCUT2D eigenvalue weighted by Crippen LogP contribution is -2.32. The van der Waals surface area contributed by atoms with E-state index in [0.29, 0.717) is 18.2 Å². The predicted octanol–water partition coefficient (Wildman–Crippen LogP) is 1.27. The van der Waals surface area contributed by atoms with Crippen LogP contribution in [0.3, 0.4) is 0 Å². The molecule has 90 valence electrons. The van der Waals surface area contributed by atoms with Gasteiger partial charge in [0.2, 0.25) is 0 Å². The number of anilines is 2. The van der Waals surface area contributed by atoms with Crippen molar-refractivity contribution >= 4 is 11.6 Å². The summed E-state index contributed by atoms with van der Waals surface area (Å²) in [5.41, 5.74) is 5.44. The number of nitrogens with zero attached hydrogens (tertiary/aromatic N) is 2. The lowest BCUT2D eigenvalue weighted by atomic mass is 9.83. The zero-order valence-corrected chi connectivity index (χ0v) is 9.90. The van der Waals surface area contributed by atoms with Crippen molar-refractivity contribution in [1.82, 2.24) is 9.97 Å². The molecule has 0 atom stereocenters.